The van der Waals surface area contributed by atoms with Gasteiger partial charge in [0.15, 0.2) is 11.5 Å². The van der Waals surface area contributed by atoms with Crippen molar-refractivity contribution >= 4 is 67.4 Å². The first kappa shape index (κ1) is 27.6. The highest BCUT2D eigenvalue weighted by Crippen LogP contribution is 2.39. The zero-order chi connectivity index (χ0) is 27.6. The van der Waals surface area contributed by atoms with Crippen LogP contribution in [0.5, 0.6) is 11.5 Å². The van der Waals surface area contributed by atoms with Gasteiger partial charge in [-0.25, -0.2) is 0 Å². The number of nitro groups is 1. The lowest BCUT2D eigenvalue weighted by Crippen LogP contribution is -2.27. The molecule has 3 aromatic rings. The quantitative estimate of drug-likeness (QED) is 0.100. The minimum atomic E-state index is -4.14. The molecule has 1 saturated heterocycles. The van der Waals surface area contributed by atoms with Gasteiger partial charge in [-0.1, -0.05) is 35.9 Å². The van der Waals surface area contributed by atoms with Gasteiger partial charge in [-0.15, -0.1) is 0 Å². The second kappa shape index (κ2) is 11.1. The van der Waals surface area contributed by atoms with Gasteiger partial charge >= 0.3 is 10.1 Å². The fraction of sp³-hybridized carbons (Fsp3) is 0.120. The lowest BCUT2D eigenvalue weighted by atomic mass is 10.1. The fourth-order valence-electron chi connectivity index (χ4n) is 3.55. The third-order valence-corrected chi connectivity index (χ3v) is 8.39. The molecule has 13 heteroatoms. The molecule has 196 valence electrons. The first-order valence-corrected chi connectivity index (χ1v) is 14.2. The SMILES string of the molecule is COc1cc(/C=C2\SC(=O)N(Cc3ccccc3[N+](=O)[O-])C2=O)cc(I)c1OS(=O)(=O)c1ccc(C)cc1. The predicted molar refractivity (Wildman–Crippen MR) is 149 cm³/mol. The van der Waals surface area contributed by atoms with Gasteiger partial charge in [-0.05, 0) is 77.2 Å². The number of carbonyl (C=O) groups excluding carboxylic acids is 2. The maximum absolute atomic E-state index is 13.0. The molecular weight excluding hydrogens is 647 g/mol. The summed E-state index contributed by atoms with van der Waals surface area (Å²) in [5.74, 6) is -0.511. The van der Waals surface area contributed by atoms with Crippen molar-refractivity contribution in [3.8, 4) is 11.5 Å². The number of benzene rings is 3. The number of nitrogens with zero attached hydrogens (tertiary/aromatic N) is 2. The Hall–Kier alpha value is -3.43. The van der Waals surface area contributed by atoms with Crippen molar-refractivity contribution < 1.29 is 31.9 Å². The second-order valence-corrected chi connectivity index (χ2v) is 11.7. The Kier molecular flexibility index (Phi) is 8.08. The number of nitro benzene ring substituents is 1. The molecule has 0 spiro atoms. The molecule has 3 aromatic carbocycles. The molecule has 0 aromatic heterocycles. The van der Waals surface area contributed by atoms with Crippen LogP contribution in [-0.2, 0) is 21.5 Å². The molecule has 38 heavy (non-hydrogen) atoms. The molecule has 1 aliphatic heterocycles. The highest BCUT2D eigenvalue weighted by molar-refractivity contribution is 14.1. The molecule has 0 radical (unpaired) electrons. The van der Waals surface area contributed by atoms with Crippen molar-refractivity contribution in [2.45, 2.75) is 18.4 Å². The summed E-state index contributed by atoms with van der Waals surface area (Å²) in [5, 5.41) is 10.7. The van der Waals surface area contributed by atoms with Crippen LogP contribution in [-0.4, -0.2) is 36.5 Å². The smallest absolute Gasteiger partial charge is 0.339 e. The number of para-hydroxylation sites is 1. The summed E-state index contributed by atoms with van der Waals surface area (Å²) in [6, 6.07) is 15.2. The molecule has 0 N–H and O–H groups in total. The fourth-order valence-corrected chi connectivity index (χ4v) is 6.23. The maximum atomic E-state index is 13.0. The zero-order valence-electron chi connectivity index (χ0n) is 19.9. The molecule has 1 fully saturated rings. The topological polar surface area (TPSA) is 133 Å². The normalized spacial score (nSPS) is 14.7. The van der Waals surface area contributed by atoms with Gasteiger partial charge in [0.2, 0.25) is 0 Å². The van der Waals surface area contributed by atoms with Crippen molar-refractivity contribution in [1.82, 2.24) is 4.90 Å². The van der Waals surface area contributed by atoms with E-state index in [0.717, 1.165) is 10.5 Å². The Morgan fingerprint density at radius 2 is 1.79 bits per heavy atom. The van der Waals surface area contributed by atoms with E-state index in [1.54, 1.807) is 24.3 Å². The van der Waals surface area contributed by atoms with Crippen LogP contribution in [0, 0.1) is 20.6 Å². The van der Waals surface area contributed by atoms with Crippen LogP contribution in [0.25, 0.3) is 6.08 Å². The van der Waals surface area contributed by atoms with Crippen LogP contribution < -0.4 is 8.92 Å². The monoisotopic (exact) mass is 666 g/mol. The van der Waals surface area contributed by atoms with Crippen molar-refractivity contribution in [1.29, 1.82) is 0 Å². The van der Waals surface area contributed by atoms with Crippen molar-refractivity contribution in [2.24, 2.45) is 0 Å². The molecule has 1 heterocycles. The van der Waals surface area contributed by atoms with E-state index in [1.165, 1.54) is 49.6 Å². The van der Waals surface area contributed by atoms with E-state index in [1.807, 2.05) is 29.5 Å². The van der Waals surface area contributed by atoms with E-state index in [2.05, 4.69) is 0 Å². The van der Waals surface area contributed by atoms with Gasteiger partial charge in [0.25, 0.3) is 16.8 Å². The van der Waals surface area contributed by atoms with E-state index < -0.39 is 26.2 Å². The Morgan fingerprint density at radius 1 is 1.11 bits per heavy atom. The predicted octanol–water partition coefficient (Wildman–Crippen LogP) is 5.52. The largest absolute Gasteiger partial charge is 0.493 e. The van der Waals surface area contributed by atoms with Gasteiger partial charge in [-0.2, -0.15) is 8.42 Å². The summed E-state index contributed by atoms with van der Waals surface area (Å²) in [5.41, 5.74) is 1.40. The van der Waals surface area contributed by atoms with Gasteiger partial charge in [0.1, 0.15) is 4.90 Å². The van der Waals surface area contributed by atoms with E-state index in [9.17, 15) is 28.1 Å². The van der Waals surface area contributed by atoms with Crippen LogP contribution >= 0.6 is 34.4 Å². The molecule has 0 atom stereocenters. The number of rotatable bonds is 8. The van der Waals surface area contributed by atoms with Crippen molar-refractivity contribution in [3.63, 3.8) is 0 Å². The number of methoxy groups -OCH3 is 1. The number of aryl methyl sites for hydroxylation is 1. The average Bonchev–Trinajstić information content (AvgIpc) is 3.13. The summed E-state index contributed by atoms with van der Waals surface area (Å²) in [4.78, 5) is 37.3. The van der Waals surface area contributed by atoms with E-state index >= 15 is 0 Å². The molecule has 0 unspecified atom stereocenters. The number of hydrogen-bond acceptors (Lipinski definition) is 9. The number of amides is 2. The molecule has 1 aliphatic rings. The highest BCUT2D eigenvalue weighted by atomic mass is 127. The third-order valence-electron chi connectivity index (χ3n) is 5.44. The van der Waals surface area contributed by atoms with E-state index in [4.69, 9.17) is 8.92 Å². The molecule has 0 saturated carbocycles. The Labute approximate surface area is 236 Å². The van der Waals surface area contributed by atoms with Gasteiger partial charge in [0, 0.05) is 11.6 Å². The summed E-state index contributed by atoms with van der Waals surface area (Å²) in [6.45, 7) is 1.59. The molecular formula is C25H19IN2O8S2. The number of ether oxygens (including phenoxy) is 1. The molecule has 2 amide bonds. The highest BCUT2D eigenvalue weighted by Gasteiger charge is 2.36. The van der Waals surface area contributed by atoms with Crippen LogP contribution in [0.1, 0.15) is 16.7 Å². The number of imide groups is 1. The second-order valence-electron chi connectivity index (χ2n) is 8.04. The first-order chi connectivity index (χ1) is 18.0. The summed E-state index contributed by atoms with van der Waals surface area (Å²) in [6.07, 6.45) is 1.47. The van der Waals surface area contributed by atoms with Crippen LogP contribution in [0.2, 0.25) is 0 Å². The zero-order valence-corrected chi connectivity index (χ0v) is 23.7. The number of carbonyl (C=O) groups is 2. The lowest BCUT2D eigenvalue weighted by molar-refractivity contribution is -0.385. The van der Waals surface area contributed by atoms with Crippen LogP contribution in [0.15, 0.2) is 70.5 Å². The Morgan fingerprint density at radius 3 is 2.45 bits per heavy atom. The maximum Gasteiger partial charge on any atom is 0.339 e. The summed E-state index contributed by atoms with van der Waals surface area (Å²) in [7, 11) is -2.79. The summed E-state index contributed by atoms with van der Waals surface area (Å²) < 4.78 is 36.7. The lowest BCUT2D eigenvalue weighted by Gasteiger charge is -2.14. The van der Waals surface area contributed by atoms with Crippen LogP contribution in [0.4, 0.5) is 10.5 Å². The standard InChI is InChI=1S/C25H19IN2O8S2/c1-15-7-9-18(10-8-15)38(33,34)36-23-19(26)11-16(12-21(23)35-2)13-22-24(29)27(25(30)37-22)14-17-5-3-4-6-20(17)28(31)32/h3-13H,14H2,1-2H3/b22-13-. The molecule has 4 rings (SSSR count). The third kappa shape index (κ3) is 5.84. The van der Waals surface area contributed by atoms with Gasteiger partial charge in [-0.3, -0.25) is 24.6 Å². The summed E-state index contributed by atoms with van der Waals surface area (Å²) >= 11 is 2.59. The first-order valence-electron chi connectivity index (χ1n) is 10.9. The van der Waals surface area contributed by atoms with Gasteiger partial charge < -0.3 is 8.92 Å². The Bertz CT molecular complexity index is 1590. The number of halogens is 1. The Balaban J connectivity index is 1.61. The van der Waals surface area contributed by atoms with Gasteiger partial charge in [0.05, 0.1) is 27.1 Å². The molecule has 0 bridgehead atoms. The van der Waals surface area contributed by atoms with E-state index in [0.29, 0.717) is 20.9 Å². The minimum absolute atomic E-state index is 0.0163. The minimum Gasteiger partial charge on any atom is -0.493 e. The van der Waals surface area contributed by atoms with Crippen LogP contribution in [0.3, 0.4) is 0 Å². The number of hydrogen-bond donors (Lipinski definition) is 0. The van der Waals surface area contributed by atoms with Crippen molar-refractivity contribution in [3.05, 3.63) is 95.9 Å². The number of thioether (sulfide) groups is 1. The molecule has 10 nitrogen and oxygen atoms in total. The van der Waals surface area contributed by atoms with Crippen molar-refractivity contribution in [2.75, 3.05) is 7.11 Å². The average molecular weight is 666 g/mol. The van der Waals surface area contributed by atoms with E-state index in [-0.39, 0.29) is 39.1 Å². The molecule has 0 aliphatic carbocycles.